The quantitative estimate of drug-likeness (QED) is 0.866. The first kappa shape index (κ1) is 13.6. The lowest BCUT2D eigenvalue weighted by Gasteiger charge is -2.32. The molecule has 0 saturated carbocycles. The Labute approximate surface area is 110 Å². The number of ether oxygens (including phenoxy) is 1. The van der Waals surface area contributed by atoms with Crippen molar-refractivity contribution in [1.29, 1.82) is 0 Å². The van der Waals surface area contributed by atoms with Gasteiger partial charge in [0.25, 0.3) is 0 Å². The molecule has 1 saturated heterocycles. The molecule has 1 aliphatic heterocycles. The molecular weight excluding hydrogens is 226 g/mol. The van der Waals surface area contributed by atoms with Crippen LogP contribution < -0.4 is 5.32 Å². The third kappa shape index (κ3) is 3.82. The molecule has 0 spiro atoms. The van der Waals surface area contributed by atoms with Gasteiger partial charge in [-0.15, -0.1) is 0 Å². The highest BCUT2D eigenvalue weighted by atomic mass is 16.5. The van der Waals surface area contributed by atoms with E-state index in [4.69, 9.17) is 4.74 Å². The van der Waals surface area contributed by atoms with Gasteiger partial charge in [0.15, 0.2) is 0 Å². The fraction of sp³-hybridized carbons (Fsp3) is 0.786. The van der Waals surface area contributed by atoms with Gasteiger partial charge in [-0.25, -0.2) is 0 Å². The summed E-state index contributed by atoms with van der Waals surface area (Å²) >= 11 is 0. The van der Waals surface area contributed by atoms with Crippen molar-refractivity contribution >= 4 is 0 Å². The molecule has 2 heterocycles. The van der Waals surface area contributed by atoms with Crippen molar-refractivity contribution in [1.82, 2.24) is 15.1 Å². The average Bonchev–Trinajstić information content (AvgIpc) is 2.75. The normalized spacial score (nSPS) is 24.7. The lowest BCUT2D eigenvalue weighted by Crippen LogP contribution is -2.41. The van der Waals surface area contributed by atoms with E-state index in [2.05, 4.69) is 30.3 Å². The first-order valence-corrected chi connectivity index (χ1v) is 6.98. The second-order valence-corrected chi connectivity index (χ2v) is 5.56. The van der Waals surface area contributed by atoms with E-state index in [9.17, 15) is 0 Å². The van der Waals surface area contributed by atoms with Crippen molar-refractivity contribution in [2.45, 2.75) is 45.3 Å². The molecule has 0 aliphatic carbocycles. The Morgan fingerprint density at radius 3 is 3.06 bits per heavy atom. The highest BCUT2D eigenvalue weighted by molar-refractivity contribution is 4.99. The minimum atomic E-state index is 0.422. The van der Waals surface area contributed by atoms with Crippen LogP contribution in [0, 0.1) is 5.92 Å². The van der Waals surface area contributed by atoms with Gasteiger partial charge in [-0.05, 0) is 24.8 Å². The third-order valence-corrected chi connectivity index (χ3v) is 3.64. The van der Waals surface area contributed by atoms with Gasteiger partial charge in [-0.1, -0.05) is 13.8 Å². The van der Waals surface area contributed by atoms with Crippen LogP contribution in [0.15, 0.2) is 12.3 Å². The number of hydrogen-bond donors (Lipinski definition) is 1. The zero-order valence-electron chi connectivity index (χ0n) is 11.7. The second-order valence-electron chi connectivity index (χ2n) is 5.56. The number of hydrogen-bond acceptors (Lipinski definition) is 3. The second kappa shape index (κ2) is 6.34. The summed E-state index contributed by atoms with van der Waals surface area (Å²) in [6.07, 6.45) is 5.69. The Kier molecular flexibility index (Phi) is 4.78. The first-order valence-electron chi connectivity index (χ1n) is 6.98. The van der Waals surface area contributed by atoms with Crippen molar-refractivity contribution in [2.75, 3.05) is 13.2 Å². The van der Waals surface area contributed by atoms with Crippen LogP contribution in [0.4, 0.5) is 0 Å². The smallest absolute Gasteiger partial charge is 0.0637 e. The zero-order valence-corrected chi connectivity index (χ0v) is 11.7. The van der Waals surface area contributed by atoms with Gasteiger partial charge in [0.05, 0.1) is 11.8 Å². The fourth-order valence-corrected chi connectivity index (χ4v) is 2.48. The van der Waals surface area contributed by atoms with Crippen LogP contribution in [0.5, 0.6) is 0 Å². The minimum Gasteiger partial charge on any atom is -0.378 e. The van der Waals surface area contributed by atoms with E-state index in [1.165, 1.54) is 0 Å². The van der Waals surface area contributed by atoms with Gasteiger partial charge < -0.3 is 10.1 Å². The minimum absolute atomic E-state index is 0.422. The molecule has 18 heavy (non-hydrogen) atoms. The summed E-state index contributed by atoms with van der Waals surface area (Å²) in [6, 6.07) is 2.69. The molecule has 1 aromatic rings. The Morgan fingerprint density at radius 2 is 2.39 bits per heavy atom. The monoisotopic (exact) mass is 251 g/mol. The predicted octanol–water partition coefficient (Wildman–Crippen LogP) is 1.76. The average molecular weight is 251 g/mol. The van der Waals surface area contributed by atoms with Crippen molar-refractivity contribution < 1.29 is 4.74 Å². The van der Waals surface area contributed by atoms with Crippen LogP contribution in [0.3, 0.4) is 0 Å². The van der Waals surface area contributed by atoms with Gasteiger partial charge in [0, 0.05) is 38.9 Å². The first-order chi connectivity index (χ1) is 8.65. The number of aromatic nitrogens is 2. The van der Waals surface area contributed by atoms with Gasteiger partial charge in [0.1, 0.15) is 0 Å². The van der Waals surface area contributed by atoms with Crippen molar-refractivity contribution in [3.05, 3.63) is 18.0 Å². The maximum atomic E-state index is 5.78. The number of aryl methyl sites for hydroxylation is 1. The van der Waals surface area contributed by atoms with Crippen LogP contribution in [0.25, 0.3) is 0 Å². The lowest BCUT2D eigenvalue weighted by molar-refractivity contribution is -0.0242. The highest BCUT2D eigenvalue weighted by Gasteiger charge is 2.24. The summed E-state index contributed by atoms with van der Waals surface area (Å²) in [5.74, 6) is 0.616. The molecule has 1 aliphatic rings. The van der Waals surface area contributed by atoms with Gasteiger partial charge in [-0.2, -0.15) is 5.10 Å². The van der Waals surface area contributed by atoms with E-state index in [0.717, 1.165) is 38.1 Å². The summed E-state index contributed by atoms with van der Waals surface area (Å²) < 4.78 is 7.64. The zero-order chi connectivity index (χ0) is 13.0. The van der Waals surface area contributed by atoms with E-state index in [0.29, 0.717) is 18.1 Å². The van der Waals surface area contributed by atoms with Gasteiger partial charge >= 0.3 is 0 Å². The van der Waals surface area contributed by atoms with Crippen LogP contribution in [-0.2, 0) is 18.2 Å². The summed E-state index contributed by atoms with van der Waals surface area (Å²) in [4.78, 5) is 0. The standard InChI is InChI=1S/C14H25N3O/c1-11(2)14-10-13(6-9-18-14)15-7-4-12-5-8-17(3)16-12/h5,8,11,13-15H,4,6-7,9-10H2,1-3H3. The van der Waals surface area contributed by atoms with E-state index >= 15 is 0 Å². The molecule has 1 aromatic heterocycles. The van der Waals surface area contributed by atoms with E-state index < -0.39 is 0 Å². The lowest BCUT2D eigenvalue weighted by atomic mass is 9.95. The molecule has 4 nitrogen and oxygen atoms in total. The molecule has 0 radical (unpaired) electrons. The van der Waals surface area contributed by atoms with Crippen molar-refractivity contribution in [2.24, 2.45) is 13.0 Å². The van der Waals surface area contributed by atoms with Crippen molar-refractivity contribution in [3.63, 3.8) is 0 Å². The Bertz CT molecular complexity index is 362. The molecule has 0 bridgehead atoms. The highest BCUT2D eigenvalue weighted by Crippen LogP contribution is 2.20. The summed E-state index contributed by atoms with van der Waals surface area (Å²) in [6.45, 7) is 6.37. The Balaban J connectivity index is 1.70. The van der Waals surface area contributed by atoms with Crippen molar-refractivity contribution in [3.8, 4) is 0 Å². The van der Waals surface area contributed by atoms with E-state index in [-0.39, 0.29) is 0 Å². The SMILES string of the molecule is CC(C)C1CC(NCCc2ccn(C)n2)CCO1. The Morgan fingerprint density at radius 1 is 1.56 bits per heavy atom. The molecule has 4 heteroatoms. The number of nitrogens with zero attached hydrogens (tertiary/aromatic N) is 2. The van der Waals surface area contributed by atoms with Gasteiger partial charge in [-0.3, -0.25) is 4.68 Å². The third-order valence-electron chi connectivity index (χ3n) is 3.64. The predicted molar refractivity (Wildman–Crippen MR) is 72.5 cm³/mol. The van der Waals surface area contributed by atoms with E-state index in [1.807, 2.05) is 17.9 Å². The van der Waals surface area contributed by atoms with Gasteiger partial charge in [0.2, 0.25) is 0 Å². The Hall–Kier alpha value is -0.870. The van der Waals surface area contributed by atoms with Crippen LogP contribution >= 0.6 is 0 Å². The van der Waals surface area contributed by atoms with E-state index in [1.54, 1.807) is 0 Å². The van der Waals surface area contributed by atoms with Crippen LogP contribution in [-0.4, -0.2) is 35.1 Å². The fourth-order valence-electron chi connectivity index (χ4n) is 2.48. The molecule has 2 unspecified atom stereocenters. The maximum Gasteiger partial charge on any atom is 0.0637 e. The number of rotatable bonds is 5. The molecule has 0 amide bonds. The molecule has 102 valence electrons. The molecule has 2 atom stereocenters. The van der Waals surface area contributed by atoms with Crippen LogP contribution in [0.2, 0.25) is 0 Å². The summed E-state index contributed by atoms with van der Waals surface area (Å²) in [7, 11) is 1.96. The maximum absolute atomic E-state index is 5.78. The molecule has 2 rings (SSSR count). The summed E-state index contributed by atoms with van der Waals surface area (Å²) in [5, 5.41) is 8.02. The molecular formula is C14H25N3O. The molecule has 1 fully saturated rings. The topological polar surface area (TPSA) is 39.1 Å². The van der Waals surface area contributed by atoms with Crippen LogP contribution in [0.1, 0.15) is 32.4 Å². The number of nitrogens with one attached hydrogen (secondary N) is 1. The molecule has 1 N–H and O–H groups in total. The largest absolute Gasteiger partial charge is 0.378 e. The summed E-state index contributed by atoms with van der Waals surface area (Å²) in [5.41, 5.74) is 1.16. The molecule has 0 aromatic carbocycles.